The number of rotatable bonds is 2. The SMILES string of the molecule is O=C1C/C(=N/N=C/c2ccc(Cl)cc2)NC(=O)N1. The predicted molar refractivity (Wildman–Crippen MR) is 67.8 cm³/mol. The van der Waals surface area contributed by atoms with Crippen molar-refractivity contribution in [3.8, 4) is 0 Å². The lowest BCUT2D eigenvalue weighted by Gasteiger charge is -2.12. The van der Waals surface area contributed by atoms with E-state index in [1.807, 2.05) is 0 Å². The van der Waals surface area contributed by atoms with E-state index in [0.29, 0.717) is 5.02 Å². The molecule has 0 unspecified atom stereocenters. The Hall–Kier alpha value is -2.21. The van der Waals surface area contributed by atoms with Crippen LogP contribution in [0.2, 0.25) is 5.02 Å². The van der Waals surface area contributed by atoms with Gasteiger partial charge in [-0.15, -0.1) is 5.10 Å². The number of amidine groups is 1. The molecule has 7 heteroatoms. The number of hydrogen-bond acceptors (Lipinski definition) is 4. The van der Waals surface area contributed by atoms with Crippen LogP contribution in [-0.2, 0) is 4.79 Å². The maximum Gasteiger partial charge on any atom is 0.326 e. The Morgan fingerprint density at radius 2 is 1.89 bits per heavy atom. The van der Waals surface area contributed by atoms with Gasteiger partial charge in [0.1, 0.15) is 5.84 Å². The Labute approximate surface area is 108 Å². The number of halogens is 1. The van der Waals surface area contributed by atoms with Crippen LogP contribution in [0.5, 0.6) is 0 Å². The van der Waals surface area contributed by atoms with E-state index in [0.717, 1.165) is 5.56 Å². The summed E-state index contributed by atoms with van der Waals surface area (Å²) in [5, 5.41) is 12.7. The van der Waals surface area contributed by atoms with Crippen LogP contribution in [0, 0.1) is 0 Å². The molecule has 0 spiro atoms. The highest BCUT2D eigenvalue weighted by molar-refractivity contribution is 6.30. The number of imide groups is 1. The van der Waals surface area contributed by atoms with Gasteiger partial charge in [-0.3, -0.25) is 15.4 Å². The molecule has 3 amide bonds. The summed E-state index contributed by atoms with van der Waals surface area (Å²) in [6.07, 6.45) is 1.51. The van der Waals surface area contributed by atoms with Crippen molar-refractivity contribution in [1.29, 1.82) is 0 Å². The smallest absolute Gasteiger partial charge is 0.294 e. The first-order valence-corrected chi connectivity index (χ1v) is 5.47. The van der Waals surface area contributed by atoms with Crippen LogP contribution in [0.1, 0.15) is 12.0 Å². The van der Waals surface area contributed by atoms with Crippen molar-refractivity contribution in [3.05, 3.63) is 34.9 Å². The Morgan fingerprint density at radius 1 is 1.17 bits per heavy atom. The molecule has 2 N–H and O–H groups in total. The van der Waals surface area contributed by atoms with E-state index in [9.17, 15) is 9.59 Å². The third-order valence-electron chi connectivity index (χ3n) is 2.09. The Bertz CT molecular complexity index is 518. The van der Waals surface area contributed by atoms with Gasteiger partial charge in [0, 0.05) is 5.02 Å². The molecule has 0 aliphatic carbocycles. The van der Waals surface area contributed by atoms with Crippen LogP contribution >= 0.6 is 11.6 Å². The van der Waals surface area contributed by atoms with Crippen molar-refractivity contribution in [2.45, 2.75) is 6.42 Å². The number of carbonyl (C=O) groups excluding carboxylic acids is 2. The first kappa shape index (κ1) is 12.3. The molecule has 1 heterocycles. The molecule has 2 rings (SSSR count). The second-order valence-electron chi connectivity index (χ2n) is 3.52. The summed E-state index contributed by atoms with van der Waals surface area (Å²) < 4.78 is 0. The molecule has 0 aromatic heterocycles. The van der Waals surface area contributed by atoms with Gasteiger partial charge < -0.3 is 0 Å². The van der Waals surface area contributed by atoms with Crippen LogP contribution in [0.4, 0.5) is 4.79 Å². The van der Waals surface area contributed by atoms with Gasteiger partial charge in [0.25, 0.3) is 0 Å². The average Bonchev–Trinajstić information content (AvgIpc) is 2.30. The summed E-state index contributed by atoms with van der Waals surface area (Å²) in [4.78, 5) is 22.0. The molecule has 0 saturated carbocycles. The van der Waals surface area contributed by atoms with Gasteiger partial charge in [-0.25, -0.2) is 4.79 Å². The molecule has 1 saturated heterocycles. The Balaban J connectivity index is 2.03. The molecule has 18 heavy (non-hydrogen) atoms. The van der Waals surface area contributed by atoms with Gasteiger partial charge in [0.2, 0.25) is 5.91 Å². The molecule has 1 aliphatic heterocycles. The highest BCUT2D eigenvalue weighted by Gasteiger charge is 2.19. The number of carbonyl (C=O) groups is 2. The maximum atomic E-state index is 11.0. The zero-order valence-electron chi connectivity index (χ0n) is 9.18. The van der Waals surface area contributed by atoms with E-state index >= 15 is 0 Å². The average molecular weight is 265 g/mol. The van der Waals surface area contributed by atoms with Crippen molar-refractivity contribution >= 4 is 35.6 Å². The van der Waals surface area contributed by atoms with Crippen LogP contribution in [0.15, 0.2) is 34.5 Å². The highest BCUT2D eigenvalue weighted by atomic mass is 35.5. The van der Waals surface area contributed by atoms with Gasteiger partial charge in [-0.1, -0.05) is 23.7 Å². The summed E-state index contributed by atoms with van der Waals surface area (Å²) >= 11 is 5.74. The van der Waals surface area contributed by atoms with Gasteiger partial charge >= 0.3 is 6.03 Å². The molecule has 6 nitrogen and oxygen atoms in total. The summed E-state index contributed by atoms with van der Waals surface area (Å²) in [6.45, 7) is 0. The molecular formula is C11H9ClN4O2. The first-order valence-electron chi connectivity index (χ1n) is 5.10. The zero-order chi connectivity index (χ0) is 13.0. The number of nitrogens with zero attached hydrogens (tertiary/aromatic N) is 2. The van der Waals surface area contributed by atoms with Gasteiger partial charge in [-0.2, -0.15) is 5.10 Å². The lowest BCUT2D eigenvalue weighted by Crippen LogP contribution is -2.49. The molecule has 1 fully saturated rings. The minimum absolute atomic E-state index is 0.00367. The molecule has 1 aromatic carbocycles. The van der Waals surface area contributed by atoms with Crippen molar-refractivity contribution in [2.24, 2.45) is 10.2 Å². The maximum absolute atomic E-state index is 11.0. The molecule has 1 aliphatic rings. The largest absolute Gasteiger partial charge is 0.326 e. The van der Waals surface area contributed by atoms with Crippen LogP contribution in [0.25, 0.3) is 0 Å². The Morgan fingerprint density at radius 3 is 2.56 bits per heavy atom. The van der Waals surface area contributed by atoms with E-state index < -0.39 is 11.9 Å². The summed E-state index contributed by atoms with van der Waals surface area (Å²) in [5.41, 5.74) is 0.815. The molecule has 1 aromatic rings. The van der Waals surface area contributed by atoms with Gasteiger partial charge in [-0.05, 0) is 17.7 Å². The van der Waals surface area contributed by atoms with Gasteiger partial charge in [0.15, 0.2) is 0 Å². The molecular weight excluding hydrogens is 256 g/mol. The summed E-state index contributed by atoms with van der Waals surface area (Å²) in [5.74, 6) is -0.187. The minimum atomic E-state index is -0.591. The predicted octanol–water partition coefficient (Wildman–Crippen LogP) is 1.30. The first-order chi connectivity index (χ1) is 8.63. The summed E-state index contributed by atoms with van der Waals surface area (Å²) in [6, 6.07) is 6.42. The lowest BCUT2D eigenvalue weighted by atomic mass is 10.2. The monoisotopic (exact) mass is 264 g/mol. The van der Waals surface area contributed by atoms with Crippen LogP contribution in [-0.4, -0.2) is 24.0 Å². The lowest BCUT2D eigenvalue weighted by molar-refractivity contribution is -0.119. The van der Waals surface area contributed by atoms with E-state index in [4.69, 9.17) is 11.6 Å². The quantitative estimate of drug-likeness (QED) is 0.623. The van der Waals surface area contributed by atoms with Crippen molar-refractivity contribution in [1.82, 2.24) is 10.6 Å². The topological polar surface area (TPSA) is 82.9 Å². The highest BCUT2D eigenvalue weighted by Crippen LogP contribution is 2.07. The van der Waals surface area contributed by atoms with E-state index in [2.05, 4.69) is 20.8 Å². The third kappa shape index (κ3) is 3.39. The summed E-state index contributed by atoms with van der Waals surface area (Å²) in [7, 11) is 0. The number of hydrogen-bond donors (Lipinski definition) is 2. The van der Waals surface area contributed by atoms with Crippen LogP contribution in [0.3, 0.4) is 0 Å². The van der Waals surface area contributed by atoms with Crippen molar-refractivity contribution in [3.63, 3.8) is 0 Å². The zero-order valence-corrected chi connectivity index (χ0v) is 9.94. The minimum Gasteiger partial charge on any atom is -0.294 e. The second-order valence-corrected chi connectivity index (χ2v) is 3.96. The van der Waals surface area contributed by atoms with Crippen molar-refractivity contribution in [2.75, 3.05) is 0 Å². The third-order valence-corrected chi connectivity index (χ3v) is 2.35. The van der Waals surface area contributed by atoms with Crippen molar-refractivity contribution < 1.29 is 9.59 Å². The van der Waals surface area contributed by atoms with E-state index in [1.54, 1.807) is 24.3 Å². The standard InChI is InChI=1S/C11H9ClN4O2/c12-8-3-1-7(2-4-8)6-13-16-9-5-10(17)15-11(18)14-9/h1-4,6H,5H2,(H2,14,15,16,17,18)/b13-6+. The number of benzene rings is 1. The van der Waals surface area contributed by atoms with E-state index in [1.165, 1.54) is 6.21 Å². The Kier molecular flexibility index (Phi) is 3.69. The number of amides is 3. The number of urea groups is 1. The molecule has 92 valence electrons. The van der Waals surface area contributed by atoms with Crippen LogP contribution < -0.4 is 10.6 Å². The molecule has 0 atom stereocenters. The van der Waals surface area contributed by atoms with Gasteiger partial charge in [0.05, 0.1) is 12.6 Å². The fourth-order valence-corrected chi connectivity index (χ4v) is 1.43. The molecule has 0 radical (unpaired) electrons. The second kappa shape index (κ2) is 5.42. The fraction of sp³-hybridized carbons (Fsp3) is 0.0909. The normalized spacial score (nSPS) is 17.9. The van der Waals surface area contributed by atoms with E-state index in [-0.39, 0.29) is 12.3 Å². The fourth-order valence-electron chi connectivity index (χ4n) is 1.30. The number of nitrogens with one attached hydrogen (secondary N) is 2. The molecule has 0 bridgehead atoms.